The minimum absolute atomic E-state index is 0.127. The summed E-state index contributed by atoms with van der Waals surface area (Å²) < 4.78 is 5.40. The van der Waals surface area contributed by atoms with Gasteiger partial charge in [0, 0.05) is 31.7 Å². The van der Waals surface area contributed by atoms with Crippen molar-refractivity contribution >= 4 is 17.4 Å². The lowest BCUT2D eigenvalue weighted by Crippen LogP contribution is -2.42. The van der Waals surface area contributed by atoms with E-state index in [1.807, 2.05) is 50.2 Å². The van der Waals surface area contributed by atoms with Crippen molar-refractivity contribution in [2.75, 3.05) is 39.4 Å². The minimum atomic E-state index is -0.634. The molecule has 0 saturated carbocycles. The Labute approximate surface area is 182 Å². The lowest BCUT2D eigenvalue weighted by Gasteiger charge is -2.31. The van der Waals surface area contributed by atoms with Crippen LogP contribution >= 0.6 is 0 Å². The van der Waals surface area contributed by atoms with Gasteiger partial charge >= 0.3 is 0 Å². The number of carbonyl (C=O) groups is 2. The SMILES string of the molecule is Cc1ccc(C(O)=C2C(=O)C(=O)N(CCN3CCOCC3)[C@H]2c2ccc(C)cc2)cc1. The third-order valence-electron chi connectivity index (χ3n) is 6.02. The van der Waals surface area contributed by atoms with Crippen molar-refractivity contribution in [2.24, 2.45) is 0 Å². The van der Waals surface area contributed by atoms with Gasteiger partial charge in [-0.2, -0.15) is 0 Å². The summed E-state index contributed by atoms with van der Waals surface area (Å²) in [5, 5.41) is 11.1. The number of likely N-dealkylation sites (tertiary alicyclic amines) is 1. The zero-order valence-corrected chi connectivity index (χ0v) is 18.0. The number of ketones is 1. The second kappa shape index (κ2) is 9.04. The number of rotatable bonds is 5. The Morgan fingerprint density at radius 1 is 0.935 bits per heavy atom. The number of Topliss-reactive ketones (excluding diaryl/α,β-unsaturated/α-hetero) is 1. The second-order valence-corrected chi connectivity index (χ2v) is 8.22. The van der Waals surface area contributed by atoms with E-state index in [1.165, 1.54) is 0 Å². The van der Waals surface area contributed by atoms with Gasteiger partial charge in [-0.3, -0.25) is 14.5 Å². The number of ether oxygens (including phenoxy) is 1. The largest absolute Gasteiger partial charge is 0.507 e. The van der Waals surface area contributed by atoms with E-state index in [2.05, 4.69) is 4.90 Å². The molecule has 0 radical (unpaired) electrons. The highest BCUT2D eigenvalue weighted by atomic mass is 16.5. The molecule has 2 saturated heterocycles. The molecule has 6 heteroatoms. The van der Waals surface area contributed by atoms with Crippen molar-refractivity contribution in [1.82, 2.24) is 9.80 Å². The average molecular weight is 421 g/mol. The van der Waals surface area contributed by atoms with Crippen LogP contribution in [0.15, 0.2) is 54.1 Å². The van der Waals surface area contributed by atoms with Crippen LogP contribution in [0.25, 0.3) is 5.76 Å². The predicted octanol–water partition coefficient (Wildman–Crippen LogP) is 3.06. The van der Waals surface area contributed by atoms with Crippen LogP contribution in [0.1, 0.15) is 28.3 Å². The Morgan fingerprint density at radius 2 is 1.52 bits per heavy atom. The molecule has 1 atom stereocenters. The molecule has 4 rings (SSSR count). The first-order valence-corrected chi connectivity index (χ1v) is 10.7. The van der Waals surface area contributed by atoms with Gasteiger partial charge in [0.05, 0.1) is 24.8 Å². The van der Waals surface area contributed by atoms with E-state index < -0.39 is 17.7 Å². The standard InChI is InChI=1S/C25H28N2O4/c1-17-3-7-19(8-4-17)22-21(23(28)20-9-5-18(2)6-10-20)24(29)25(30)27(22)12-11-26-13-15-31-16-14-26/h3-10,22,28H,11-16H2,1-2H3/t22-/m0/s1. The summed E-state index contributed by atoms with van der Waals surface area (Å²) in [5.41, 5.74) is 3.65. The van der Waals surface area contributed by atoms with E-state index in [1.54, 1.807) is 17.0 Å². The Balaban J connectivity index is 1.72. The predicted molar refractivity (Wildman–Crippen MR) is 119 cm³/mol. The van der Waals surface area contributed by atoms with E-state index in [-0.39, 0.29) is 11.3 Å². The third-order valence-corrected chi connectivity index (χ3v) is 6.02. The zero-order valence-electron chi connectivity index (χ0n) is 18.0. The molecule has 2 fully saturated rings. The Hall–Kier alpha value is -2.96. The Kier molecular flexibility index (Phi) is 6.20. The summed E-state index contributed by atoms with van der Waals surface area (Å²) in [5.74, 6) is -1.32. The van der Waals surface area contributed by atoms with E-state index in [0.29, 0.717) is 31.9 Å². The molecule has 6 nitrogen and oxygen atoms in total. The van der Waals surface area contributed by atoms with Crippen LogP contribution < -0.4 is 0 Å². The van der Waals surface area contributed by atoms with Gasteiger partial charge in [0.1, 0.15) is 5.76 Å². The lowest BCUT2D eigenvalue weighted by molar-refractivity contribution is -0.140. The number of hydrogen-bond donors (Lipinski definition) is 1. The summed E-state index contributed by atoms with van der Waals surface area (Å²) in [6.45, 7) is 7.98. The number of benzene rings is 2. The van der Waals surface area contributed by atoms with E-state index in [9.17, 15) is 14.7 Å². The van der Waals surface area contributed by atoms with Gasteiger partial charge < -0.3 is 14.7 Å². The zero-order chi connectivity index (χ0) is 22.0. The Bertz CT molecular complexity index is 989. The van der Waals surface area contributed by atoms with Crippen LogP contribution in [0.3, 0.4) is 0 Å². The highest BCUT2D eigenvalue weighted by Crippen LogP contribution is 2.39. The van der Waals surface area contributed by atoms with Crippen molar-refractivity contribution in [3.63, 3.8) is 0 Å². The number of morpholine rings is 1. The van der Waals surface area contributed by atoms with Crippen molar-refractivity contribution in [3.8, 4) is 0 Å². The van der Waals surface area contributed by atoms with Crippen molar-refractivity contribution in [3.05, 3.63) is 76.4 Å². The summed E-state index contributed by atoms with van der Waals surface area (Å²) >= 11 is 0. The van der Waals surface area contributed by atoms with E-state index >= 15 is 0 Å². The number of aliphatic hydroxyl groups excluding tert-OH is 1. The molecule has 2 aromatic carbocycles. The van der Waals surface area contributed by atoms with Gasteiger partial charge in [-0.05, 0) is 19.4 Å². The number of hydrogen-bond acceptors (Lipinski definition) is 5. The molecule has 0 aliphatic carbocycles. The van der Waals surface area contributed by atoms with Crippen LogP contribution in [-0.4, -0.2) is 66.0 Å². The molecule has 31 heavy (non-hydrogen) atoms. The number of nitrogens with zero attached hydrogens (tertiary/aromatic N) is 2. The maximum absolute atomic E-state index is 13.1. The molecule has 162 valence electrons. The molecule has 2 aromatic rings. The minimum Gasteiger partial charge on any atom is -0.507 e. The molecule has 0 bridgehead atoms. The highest BCUT2D eigenvalue weighted by Gasteiger charge is 2.46. The molecule has 2 heterocycles. The maximum Gasteiger partial charge on any atom is 0.295 e. The quantitative estimate of drug-likeness (QED) is 0.457. The molecule has 0 spiro atoms. The van der Waals surface area contributed by atoms with Crippen molar-refractivity contribution < 1.29 is 19.4 Å². The van der Waals surface area contributed by atoms with E-state index in [4.69, 9.17) is 4.74 Å². The van der Waals surface area contributed by atoms with Gasteiger partial charge in [0.15, 0.2) is 0 Å². The van der Waals surface area contributed by atoms with Gasteiger partial charge in [0.25, 0.3) is 11.7 Å². The molecule has 0 unspecified atom stereocenters. The smallest absolute Gasteiger partial charge is 0.295 e. The number of aryl methyl sites for hydroxylation is 2. The van der Waals surface area contributed by atoms with Crippen molar-refractivity contribution in [2.45, 2.75) is 19.9 Å². The van der Waals surface area contributed by atoms with Gasteiger partial charge in [-0.25, -0.2) is 0 Å². The summed E-state index contributed by atoms with van der Waals surface area (Å²) in [6, 6.07) is 14.5. The fraction of sp³-hybridized carbons (Fsp3) is 0.360. The average Bonchev–Trinajstić information content (AvgIpc) is 3.04. The molecule has 1 amide bonds. The monoisotopic (exact) mass is 420 g/mol. The first kappa shape index (κ1) is 21.3. The maximum atomic E-state index is 13.1. The summed E-state index contributed by atoms with van der Waals surface area (Å²) in [4.78, 5) is 29.9. The Morgan fingerprint density at radius 3 is 2.13 bits per heavy atom. The summed E-state index contributed by atoms with van der Waals surface area (Å²) in [7, 11) is 0. The fourth-order valence-electron chi connectivity index (χ4n) is 4.15. The fourth-order valence-corrected chi connectivity index (χ4v) is 4.15. The van der Waals surface area contributed by atoms with Gasteiger partial charge in [0.2, 0.25) is 0 Å². The molecular formula is C25H28N2O4. The first-order valence-electron chi connectivity index (χ1n) is 10.7. The normalized spacial score (nSPS) is 21.6. The van der Waals surface area contributed by atoms with Crippen LogP contribution in [0.4, 0.5) is 0 Å². The summed E-state index contributed by atoms with van der Waals surface area (Å²) in [6.07, 6.45) is 0. The van der Waals surface area contributed by atoms with Gasteiger partial charge in [-0.1, -0.05) is 59.7 Å². The van der Waals surface area contributed by atoms with Gasteiger partial charge in [-0.15, -0.1) is 0 Å². The highest BCUT2D eigenvalue weighted by molar-refractivity contribution is 6.46. The molecule has 2 aliphatic heterocycles. The van der Waals surface area contributed by atoms with Crippen LogP contribution in [0.2, 0.25) is 0 Å². The number of carbonyl (C=O) groups excluding carboxylic acids is 2. The third kappa shape index (κ3) is 4.40. The molecule has 0 aromatic heterocycles. The topological polar surface area (TPSA) is 70.1 Å². The molecule has 1 N–H and O–H groups in total. The van der Waals surface area contributed by atoms with E-state index in [0.717, 1.165) is 29.8 Å². The lowest BCUT2D eigenvalue weighted by atomic mass is 9.94. The number of aliphatic hydroxyl groups is 1. The number of amides is 1. The van der Waals surface area contributed by atoms with Crippen molar-refractivity contribution in [1.29, 1.82) is 0 Å². The van der Waals surface area contributed by atoms with Crippen LogP contribution in [0.5, 0.6) is 0 Å². The molecular weight excluding hydrogens is 392 g/mol. The van der Waals surface area contributed by atoms with Crippen LogP contribution in [0, 0.1) is 13.8 Å². The van der Waals surface area contributed by atoms with Crippen LogP contribution in [-0.2, 0) is 14.3 Å². The molecule has 2 aliphatic rings. The first-order chi connectivity index (χ1) is 15.0. The second-order valence-electron chi connectivity index (χ2n) is 8.22.